The first kappa shape index (κ1) is 18.4. The number of nitrogens with zero attached hydrogens (tertiary/aromatic N) is 2. The van der Waals surface area contributed by atoms with Gasteiger partial charge >= 0.3 is 6.18 Å². The number of hydrogen-bond donors (Lipinski definition) is 1. The van der Waals surface area contributed by atoms with Crippen molar-refractivity contribution in [3.05, 3.63) is 40.9 Å². The van der Waals surface area contributed by atoms with Crippen LogP contribution in [0.5, 0.6) is 0 Å². The number of likely N-dealkylation sites (tertiary alicyclic amines) is 1. The maximum atomic E-state index is 12.8. The molecule has 1 saturated heterocycles. The monoisotopic (exact) mass is 383 g/mol. The molecule has 0 aliphatic carbocycles. The molecule has 2 heterocycles. The second-order valence-electron chi connectivity index (χ2n) is 6.10. The summed E-state index contributed by atoms with van der Waals surface area (Å²) in [5.74, 6) is -0.358. The number of amides is 2. The third-order valence-electron chi connectivity index (χ3n) is 4.14. The summed E-state index contributed by atoms with van der Waals surface area (Å²) in [7, 11) is 1.68. The van der Waals surface area contributed by atoms with E-state index in [9.17, 15) is 22.8 Å². The molecule has 3 rings (SSSR count). The van der Waals surface area contributed by atoms with Crippen molar-refractivity contribution in [3.63, 3.8) is 0 Å². The van der Waals surface area contributed by atoms with E-state index in [2.05, 4.69) is 10.3 Å². The minimum Gasteiger partial charge on any atom is -0.346 e. The van der Waals surface area contributed by atoms with E-state index in [4.69, 9.17) is 0 Å². The first-order chi connectivity index (χ1) is 12.2. The van der Waals surface area contributed by atoms with Crippen LogP contribution in [0.4, 0.5) is 13.2 Å². The summed E-state index contributed by atoms with van der Waals surface area (Å²) in [6.07, 6.45) is -3.51. The van der Waals surface area contributed by atoms with Gasteiger partial charge in [0.1, 0.15) is 10.7 Å². The van der Waals surface area contributed by atoms with Crippen LogP contribution in [0.3, 0.4) is 0 Å². The molecule has 1 atom stereocenters. The second-order valence-corrected chi connectivity index (χ2v) is 6.96. The van der Waals surface area contributed by atoms with Crippen molar-refractivity contribution in [1.82, 2.24) is 15.2 Å². The Morgan fingerprint density at radius 1 is 1.38 bits per heavy atom. The van der Waals surface area contributed by atoms with Gasteiger partial charge in [0.15, 0.2) is 0 Å². The van der Waals surface area contributed by atoms with E-state index in [1.165, 1.54) is 17.5 Å². The van der Waals surface area contributed by atoms with Gasteiger partial charge in [-0.15, -0.1) is 11.3 Å². The molecule has 9 heteroatoms. The Labute approximate surface area is 151 Å². The zero-order chi connectivity index (χ0) is 18.9. The van der Waals surface area contributed by atoms with Crippen molar-refractivity contribution in [2.45, 2.75) is 25.1 Å². The van der Waals surface area contributed by atoms with Gasteiger partial charge in [0.2, 0.25) is 5.91 Å². The van der Waals surface area contributed by atoms with Crippen molar-refractivity contribution in [2.24, 2.45) is 0 Å². The maximum absolute atomic E-state index is 12.8. The quantitative estimate of drug-likeness (QED) is 0.886. The largest absolute Gasteiger partial charge is 0.416 e. The number of halogens is 3. The Balaban J connectivity index is 1.72. The second kappa shape index (κ2) is 7.06. The number of carbonyl (C=O) groups excluding carboxylic acids is 2. The van der Waals surface area contributed by atoms with Crippen LogP contribution in [0.25, 0.3) is 10.6 Å². The van der Waals surface area contributed by atoms with Crippen molar-refractivity contribution < 1.29 is 22.8 Å². The fourth-order valence-electron chi connectivity index (χ4n) is 2.73. The summed E-state index contributed by atoms with van der Waals surface area (Å²) in [6.45, 7) is 0.426. The first-order valence-electron chi connectivity index (χ1n) is 7.92. The molecular weight excluding hydrogens is 367 g/mol. The van der Waals surface area contributed by atoms with Gasteiger partial charge in [-0.2, -0.15) is 13.2 Å². The number of benzene rings is 1. The molecule has 1 fully saturated rings. The highest BCUT2D eigenvalue weighted by molar-refractivity contribution is 7.13. The van der Waals surface area contributed by atoms with E-state index in [-0.39, 0.29) is 17.6 Å². The Bertz CT molecular complexity index is 835. The molecule has 2 aromatic rings. The third kappa shape index (κ3) is 4.04. The molecule has 26 heavy (non-hydrogen) atoms. The Hall–Kier alpha value is -2.42. The van der Waals surface area contributed by atoms with Gasteiger partial charge < -0.3 is 10.2 Å². The van der Waals surface area contributed by atoms with Crippen LogP contribution in [-0.4, -0.2) is 41.3 Å². The molecule has 1 N–H and O–H groups in total. The molecule has 138 valence electrons. The van der Waals surface area contributed by atoms with Crippen LogP contribution >= 0.6 is 11.3 Å². The van der Waals surface area contributed by atoms with Gasteiger partial charge in [0.05, 0.1) is 5.56 Å². The van der Waals surface area contributed by atoms with Crippen LogP contribution in [0.2, 0.25) is 0 Å². The lowest BCUT2D eigenvalue weighted by Crippen LogP contribution is -2.48. The SMILES string of the molecule is CN1CC(NC(=O)c2csc(-c3cccc(C(F)(F)F)c3)n2)CCC1=O. The molecule has 1 aromatic carbocycles. The van der Waals surface area contributed by atoms with Crippen LogP contribution < -0.4 is 5.32 Å². The number of piperidine rings is 1. The first-order valence-corrected chi connectivity index (χ1v) is 8.80. The lowest BCUT2D eigenvalue weighted by molar-refractivity contribution is -0.137. The number of aromatic nitrogens is 1. The fraction of sp³-hybridized carbons (Fsp3) is 0.353. The molecule has 1 aromatic heterocycles. The molecule has 1 unspecified atom stereocenters. The Kier molecular flexibility index (Phi) is 4.99. The van der Waals surface area contributed by atoms with Crippen LogP contribution in [0, 0.1) is 0 Å². The Morgan fingerprint density at radius 3 is 2.85 bits per heavy atom. The van der Waals surface area contributed by atoms with Crippen LogP contribution in [0.1, 0.15) is 28.9 Å². The highest BCUT2D eigenvalue weighted by Gasteiger charge is 2.31. The summed E-state index contributed by atoms with van der Waals surface area (Å²) in [6, 6.07) is 4.68. The summed E-state index contributed by atoms with van der Waals surface area (Å²) >= 11 is 1.11. The van der Waals surface area contributed by atoms with E-state index < -0.39 is 17.6 Å². The van der Waals surface area contributed by atoms with Crippen molar-refractivity contribution in [2.75, 3.05) is 13.6 Å². The van der Waals surface area contributed by atoms with Crippen molar-refractivity contribution in [1.29, 1.82) is 0 Å². The van der Waals surface area contributed by atoms with Crippen LogP contribution in [0.15, 0.2) is 29.6 Å². The minimum atomic E-state index is -4.43. The number of hydrogen-bond acceptors (Lipinski definition) is 4. The highest BCUT2D eigenvalue weighted by Crippen LogP contribution is 2.33. The lowest BCUT2D eigenvalue weighted by Gasteiger charge is -2.29. The smallest absolute Gasteiger partial charge is 0.346 e. The molecule has 0 saturated carbocycles. The molecule has 0 spiro atoms. The molecule has 0 radical (unpaired) electrons. The normalized spacial score (nSPS) is 18.1. The highest BCUT2D eigenvalue weighted by atomic mass is 32.1. The number of rotatable bonds is 3. The van der Waals surface area contributed by atoms with E-state index >= 15 is 0 Å². The average molecular weight is 383 g/mol. The molecule has 2 amide bonds. The van der Waals surface area contributed by atoms with Gasteiger partial charge in [0, 0.05) is 37.0 Å². The molecule has 5 nitrogen and oxygen atoms in total. The predicted molar refractivity (Wildman–Crippen MR) is 90.7 cm³/mol. The van der Waals surface area contributed by atoms with Gasteiger partial charge in [-0.1, -0.05) is 12.1 Å². The average Bonchev–Trinajstić information content (AvgIpc) is 3.08. The molecule has 1 aliphatic rings. The number of nitrogens with one attached hydrogen (secondary N) is 1. The van der Waals surface area contributed by atoms with E-state index in [0.717, 1.165) is 23.5 Å². The molecule has 1 aliphatic heterocycles. The summed E-state index contributed by atoms with van der Waals surface area (Å²) in [5.41, 5.74) is -0.292. The van der Waals surface area contributed by atoms with Gasteiger partial charge in [-0.3, -0.25) is 9.59 Å². The topological polar surface area (TPSA) is 62.3 Å². The summed E-state index contributed by atoms with van der Waals surface area (Å²) in [4.78, 5) is 29.5. The summed E-state index contributed by atoms with van der Waals surface area (Å²) < 4.78 is 38.5. The zero-order valence-electron chi connectivity index (χ0n) is 13.8. The predicted octanol–water partition coefficient (Wildman–Crippen LogP) is 3.18. The zero-order valence-corrected chi connectivity index (χ0v) is 14.7. The number of likely N-dealkylation sites (N-methyl/N-ethyl adjacent to an activating group) is 1. The molecular formula is C17H16F3N3O2S. The number of carbonyl (C=O) groups is 2. The Morgan fingerprint density at radius 2 is 2.15 bits per heavy atom. The van der Waals surface area contributed by atoms with E-state index in [0.29, 0.717) is 30.0 Å². The van der Waals surface area contributed by atoms with E-state index in [1.54, 1.807) is 11.9 Å². The number of alkyl halides is 3. The fourth-order valence-corrected chi connectivity index (χ4v) is 3.53. The lowest BCUT2D eigenvalue weighted by atomic mass is 10.1. The maximum Gasteiger partial charge on any atom is 0.416 e. The van der Waals surface area contributed by atoms with Crippen molar-refractivity contribution in [3.8, 4) is 10.6 Å². The minimum absolute atomic E-state index is 0.0380. The summed E-state index contributed by atoms with van der Waals surface area (Å²) in [5, 5.41) is 4.68. The number of thiazole rings is 1. The third-order valence-corrected chi connectivity index (χ3v) is 5.03. The van der Waals surface area contributed by atoms with Crippen LogP contribution in [-0.2, 0) is 11.0 Å². The van der Waals surface area contributed by atoms with Crippen molar-refractivity contribution >= 4 is 23.2 Å². The van der Waals surface area contributed by atoms with Gasteiger partial charge in [-0.25, -0.2) is 4.98 Å². The van der Waals surface area contributed by atoms with E-state index in [1.807, 2.05) is 0 Å². The van der Waals surface area contributed by atoms with Gasteiger partial charge in [-0.05, 0) is 18.6 Å². The standard InChI is InChI=1S/C17H16F3N3O2S/c1-23-8-12(5-6-14(23)24)21-15(25)13-9-26-16(22-13)10-3-2-4-11(7-10)17(18,19)20/h2-4,7,9,12H,5-6,8H2,1H3,(H,21,25). The van der Waals surface area contributed by atoms with Gasteiger partial charge in [0.25, 0.3) is 5.91 Å². The molecule has 0 bridgehead atoms.